The summed E-state index contributed by atoms with van der Waals surface area (Å²) in [7, 11) is 0. The summed E-state index contributed by atoms with van der Waals surface area (Å²) in [4.78, 5) is 25.3. The van der Waals surface area contributed by atoms with Crippen LogP contribution in [0.1, 0.15) is 13.3 Å². The molecule has 5 heteroatoms. The normalized spacial score (nSPS) is 19.1. The zero-order valence-electron chi connectivity index (χ0n) is 10.1. The smallest absolute Gasteiger partial charge is 0.239 e. The lowest BCUT2D eigenvalue weighted by atomic mass is 10.1. The molecule has 0 aromatic heterocycles. The number of halogens is 1. The third-order valence-corrected chi connectivity index (χ3v) is 3.01. The van der Waals surface area contributed by atoms with Gasteiger partial charge in [0.2, 0.25) is 11.8 Å². The minimum Gasteiger partial charge on any atom is -0.356 e. The van der Waals surface area contributed by atoms with E-state index < -0.39 is 5.92 Å². The first-order valence-electron chi connectivity index (χ1n) is 5.98. The first kappa shape index (κ1) is 12.5. The standard InChI is InChI=1S/C13H15FN2O2/c1-2-15-12(17)11-7-8-16(13(11)18)10-5-3-9(14)4-6-10/h3-6,11H,2,7-8H2,1H3,(H,15,17). The number of carbonyl (C=O) groups excluding carboxylic acids is 2. The van der Waals surface area contributed by atoms with Crippen molar-refractivity contribution in [3.8, 4) is 0 Å². The number of nitrogens with one attached hydrogen (secondary N) is 1. The molecule has 1 aliphatic heterocycles. The second kappa shape index (κ2) is 5.16. The van der Waals surface area contributed by atoms with Gasteiger partial charge in [-0.1, -0.05) is 0 Å². The van der Waals surface area contributed by atoms with Crippen LogP contribution in [0.3, 0.4) is 0 Å². The Kier molecular flexibility index (Phi) is 3.60. The summed E-state index contributed by atoms with van der Waals surface area (Å²) in [5.74, 6) is -1.40. The summed E-state index contributed by atoms with van der Waals surface area (Å²) >= 11 is 0. The van der Waals surface area contributed by atoms with Gasteiger partial charge in [0.1, 0.15) is 11.7 Å². The topological polar surface area (TPSA) is 49.4 Å². The highest BCUT2D eigenvalue weighted by atomic mass is 19.1. The molecule has 1 fully saturated rings. The number of nitrogens with zero attached hydrogens (tertiary/aromatic N) is 1. The Balaban J connectivity index is 2.12. The van der Waals surface area contributed by atoms with E-state index in [9.17, 15) is 14.0 Å². The van der Waals surface area contributed by atoms with Gasteiger partial charge in [-0.3, -0.25) is 9.59 Å². The maximum Gasteiger partial charge on any atom is 0.239 e. The number of benzene rings is 1. The van der Waals surface area contributed by atoms with Crippen LogP contribution in [-0.2, 0) is 9.59 Å². The van der Waals surface area contributed by atoms with Crippen molar-refractivity contribution < 1.29 is 14.0 Å². The molecule has 1 unspecified atom stereocenters. The molecule has 1 heterocycles. The molecular formula is C13H15FN2O2. The van der Waals surface area contributed by atoms with Crippen molar-refractivity contribution in [1.29, 1.82) is 0 Å². The largest absolute Gasteiger partial charge is 0.356 e. The van der Waals surface area contributed by atoms with E-state index in [0.29, 0.717) is 25.2 Å². The second-order valence-electron chi connectivity index (χ2n) is 4.20. The summed E-state index contributed by atoms with van der Waals surface area (Å²) in [6, 6.07) is 5.71. The highest BCUT2D eigenvalue weighted by molar-refractivity contribution is 6.09. The van der Waals surface area contributed by atoms with Gasteiger partial charge in [-0.25, -0.2) is 4.39 Å². The maximum atomic E-state index is 12.8. The lowest BCUT2D eigenvalue weighted by Gasteiger charge is -2.16. The van der Waals surface area contributed by atoms with Crippen molar-refractivity contribution in [3.63, 3.8) is 0 Å². The van der Waals surface area contributed by atoms with E-state index >= 15 is 0 Å². The molecule has 0 radical (unpaired) electrons. The van der Waals surface area contributed by atoms with E-state index in [-0.39, 0.29) is 17.6 Å². The Morgan fingerprint density at radius 3 is 2.72 bits per heavy atom. The minimum absolute atomic E-state index is 0.215. The van der Waals surface area contributed by atoms with Crippen molar-refractivity contribution in [1.82, 2.24) is 5.32 Å². The zero-order valence-corrected chi connectivity index (χ0v) is 10.1. The highest BCUT2D eigenvalue weighted by Crippen LogP contribution is 2.25. The van der Waals surface area contributed by atoms with Crippen molar-refractivity contribution in [2.24, 2.45) is 5.92 Å². The van der Waals surface area contributed by atoms with Crippen LogP contribution < -0.4 is 10.2 Å². The lowest BCUT2D eigenvalue weighted by molar-refractivity contribution is -0.132. The van der Waals surface area contributed by atoms with Crippen LogP contribution in [-0.4, -0.2) is 24.9 Å². The summed E-state index contributed by atoms with van der Waals surface area (Å²) in [6.45, 7) is 2.82. The van der Waals surface area contributed by atoms with E-state index in [4.69, 9.17) is 0 Å². The van der Waals surface area contributed by atoms with E-state index in [1.807, 2.05) is 6.92 Å². The van der Waals surface area contributed by atoms with Crippen molar-refractivity contribution >= 4 is 17.5 Å². The van der Waals surface area contributed by atoms with Gasteiger partial charge in [0.25, 0.3) is 0 Å². The first-order chi connectivity index (χ1) is 8.63. The third-order valence-electron chi connectivity index (χ3n) is 3.01. The van der Waals surface area contributed by atoms with Gasteiger partial charge in [-0.15, -0.1) is 0 Å². The summed E-state index contributed by atoms with van der Waals surface area (Å²) < 4.78 is 12.8. The monoisotopic (exact) mass is 250 g/mol. The number of hydrogen-bond donors (Lipinski definition) is 1. The van der Waals surface area contributed by atoms with Gasteiger partial charge in [-0.05, 0) is 37.6 Å². The van der Waals surface area contributed by atoms with E-state index in [0.717, 1.165) is 0 Å². The number of amides is 2. The molecule has 1 saturated heterocycles. The molecule has 0 bridgehead atoms. The molecule has 1 aromatic rings. The highest BCUT2D eigenvalue weighted by Gasteiger charge is 2.37. The van der Waals surface area contributed by atoms with Gasteiger partial charge in [0.05, 0.1) is 0 Å². The quantitative estimate of drug-likeness (QED) is 0.822. The number of carbonyl (C=O) groups is 2. The number of rotatable bonds is 3. The van der Waals surface area contributed by atoms with Gasteiger partial charge in [-0.2, -0.15) is 0 Å². The number of hydrogen-bond acceptors (Lipinski definition) is 2. The zero-order chi connectivity index (χ0) is 13.1. The van der Waals surface area contributed by atoms with E-state index in [2.05, 4.69) is 5.32 Å². The fourth-order valence-electron chi connectivity index (χ4n) is 2.10. The van der Waals surface area contributed by atoms with Crippen molar-refractivity contribution in [2.75, 3.05) is 18.0 Å². The van der Waals surface area contributed by atoms with Gasteiger partial charge in [0, 0.05) is 18.8 Å². The second-order valence-corrected chi connectivity index (χ2v) is 4.20. The molecule has 0 saturated carbocycles. The van der Waals surface area contributed by atoms with Gasteiger partial charge < -0.3 is 10.2 Å². The molecule has 1 atom stereocenters. The molecule has 1 aliphatic rings. The Hall–Kier alpha value is -1.91. The van der Waals surface area contributed by atoms with Gasteiger partial charge in [0.15, 0.2) is 0 Å². The molecule has 96 valence electrons. The third kappa shape index (κ3) is 2.34. The maximum absolute atomic E-state index is 12.8. The molecule has 1 aromatic carbocycles. The van der Waals surface area contributed by atoms with Crippen LogP contribution in [0.5, 0.6) is 0 Å². The molecule has 2 amide bonds. The van der Waals surface area contributed by atoms with Gasteiger partial charge >= 0.3 is 0 Å². The van der Waals surface area contributed by atoms with Crippen LogP contribution >= 0.6 is 0 Å². The predicted octanol–water partition coefficient (Wildman–Crippen LogP) is 1.31. The number of anilines is 1. The average Bonchev–Trinajstić information content (AvgIpc) is 2.73. The molecule has 0 aliphatic carbocycles. The summed E-state index contributed by atoms with van der Waals surface area (Å²) in [6.07, 6.45) is 0.502. The molecule has 1 N–H and O–H groups in total. The Labute approximate surface area is 105 Å². The molecule has 18 heavy (non-hydrogen) atoms. The fraction of sp³-hybridized carbons (Fsp3) is 0.385. The first-order valence-corrected chi connectivity index (χ1v) is 5.98. The fourth-order valence-corrected chi connectivity index (χ4v) is 2.10. The van der Waals surface area contributed by atoms with Crippen LogP contribution in [0.25, 0.3) is 0 Å². The summed E-state index contributed by atoms with van der Waals surface area (Å²) in [5, 5.41) is 2.65. The van der Waals surface area contributed by atoms with Crippen molar-refractivity contribution in [2.45, 2.75) is 13.3 Å². The SMILES string of the molecule is CCNC(=O)C1CCN(c2ccc(F)cc2)C1=O. The van der Waals surface area contributed by atoms with Crippen molar-refractivity contribution in [3.05, 3.63) is 30.1 Å². The Bertz CT molecular complexity index is 459. The Morgan fingerprint density at radius 2 is 2.11 bits per heavy atom. The van der Waals surface area contributed by atoms with Crippen LogP contribution in [0, 0.1) is 11.7 Å². The molecular weight excluding hydrogens is 235 g/mol. The summed E-state index contributed by atoms with van der Waals surface area (Å²) in [5.41, 5.74) is 0.633. The van der Waals surface area contributed by atoms with E-state index in [1.165, 1.54) is 17.0 Å². The van der Waals surface area contributed by atoms with Crippen LogP contribution in [0.15, 0.2) is 24.3 Å². The van der Waals surface area contributed by atoms with Crippen LogP contribution in [0.4, 0.5) is 10.1 Å². The van der Waals surface area contributed by atoms with E-state index in [1.54, 1.807) is 12.1 Å². The Morgan fingerprint density at radius 1 is 1.44 bits per heavy atom. The molecule has 0 spiro atoms. The average molecular weight is 250 g/mol. The lowest BCUT2D eigenvalue weighted by Crippen LogP contribution is -2.36. The molecule has 4 nitrogen and oxygen atoms in total. The predicted molar refractivity (Wildman–Crippen MR) is 65.5 cm³/mol. The minimum atomic E-state index is -0.616. The molecule has 2 rings (SSSR count). The van der Waals surface area contributed by atoms with Crippen LogP contribution in [0.2, 0.25) is 0 Å².